The molecule has 0 spiro atoms. The van der Waals surface area contributed by atoms with Gasteiger partial charge in [-0.25, -0.2) is 9.78 Å². The van der Waals surface area contributed by atoms with Crippen molar-refractivity contribution in [2.24, 2.45) is 5.92 Å². The monoisotopic (exact) mass is 220 g/mol. The summed E-state index contributed by atoms with van der Waals surface area (Å²) in [6, 6.07) is 3.62. The van der Waals surface area contributed by atoms with Gasteiger partial charge < -0.3 is 10.0 Å². The summed E-state index contributed by atoms with van der Waals surface area (Å²) in [6.45, 7) is 1.71. The second-order valence-electron chi connectivity index (χ2n) is 4.46. The molecular weight excluding hydrogens is 204 g/mol. The first-order valence-corrected chi connectivity index (χ1v) is 5.52. The Morgan fingerprint density at radius 2 is 2.38 bits per heavy atom. The maximum atomic E-state index is 11.0. The predicted octanol–water partition coefficient (Wildman–Crippen LogP) is 1.62. The molecule has 16 heavy (non-hydrogen) atoms. The van der Waals surface area contributed by atoms with Crippen molar-refractivity contribution in [3.8, 4) is 0 Å². The molecule has 1 saturated carbocycles. The van der Waals surface area contributed by atoms with Gasteiger partial charge in [0.2, 0.25) is 0 Å². The largest absolute Gasteiger partial charge is 0.477 e. The van der Waals surface area contributed by atoms with Gasteiger partial charge in [0.05, 0.1) is 0 Å². The standard InChI is InChI=1S/C12H16N2O2/c1-14(7-9-4-5-9)8-10-3-2-6-13-11(10)12(15)16/h2-3,6,9H,4-5,7-8H2,1H3,(H,15,16). The molecule has 0 aliphatic heterocycles. The Morgan fingerprint density at radius 3 is 3.00 bits per heavy atom. The maximum absolute atomic E-state index is 11.0. The van der Waals surface area contributed by atoms with Crippen molar-refractivity contribution in [3.05, 3.63) is 29.6 Å². The van der Waals surface area contributed by atoms with E-state index in [-0.39, 0.29) is 5.69 Å². The highest BCUT2D eigenvalue weighted by atomic mass is 16.4. The summed E-state index contributed by atoms with van der Waals surface area (Å²) in [5, 5.41) is 8.99. The van der Waals surface area contributed by atoms with Crippen LogP contribution in [0.2, 0.25) is 0 Å². The minimum Gasteiger partial charge on any atom is -0.477 e. The molecule has 1 aromatic rings. The lowest BCUT2D eigenvalue weighted by atomic mass is 10.2. The SMILES string of the molecule is CN(Cc1cccnc1C(=O)O)CC1CC1. The summed E-state index contributed by atoms with van der Waals surface area (Å²) in [7, 11) is 2.02. The first kappa shape index (κ1) is 11.1. The summed E-state index contributed by atoms with van der Waals surface area (Å²) in [5.41, 5.74) is 0.961. The minimum absolute atomic E-state index is 0.171. The van der Waals surface area contributed by atoms with Gasteiger partial charge in [0.25, 0.3) is 0 Å². The van der Waals surface area contributed by atoms with Crippen LogP contribution in [0.3, 0.4) is 0 Å². The lowest BCUT2D eigenvalue weighted by molar-refractivity contribution is 0.0688. The topological polar surface area (TPSA) is 53.4 Å². The van der Waals surface area contributed by atoms with Crippen LogP contribution in [0.15, 0.2) is 18.3 Å². The summed E-state index contributed by atoms with van der Waals surface area (Å²) in [6.07, 6.45) is 4.14. The second-order valence-corrected chi connectivity index (χ2v) is 4.46. The lowest BCUT2D eigenvalue weighted by Gasteiger charge is -2.16. The highest BCUT2D eigenvalue weighted by Gasteiger charge is 2.23. The van der Waals surface area contributed by atoms with Crippen LogP contribution in [0, 0.1) is 5.92 Å². The maximum Gasteiger partial charge on any atom is 0.354 e. The smallest absolute Gasteiger partial charge is 0.354 e. The van der Waals surface area contributed by atoms with Crippen molar-refractivity contribution in [2.75, 3.05) is 13.6 Å². The summed E-state index contributed by atoms with van der Waals surface area (Å²) in [5.74, 6) is -0.134. The Labute approximate surface area is 94.9 Å². The van der Waals surface area contributed by atoms with Crippen molar-refractivity contribution < 1.29 is 9.90 Å². The quantitative estimate of drug-likeness (QED) is 0.819. The Kier molecular flexibility index (Phi) is 3.19. The van der Waals surface area contributed by atoms with Crippen LogP contribution in [0.4, 0.5) is 0 Å². The van der Waals surface area contributed by atoms with Gasteiger partial charge in [-0.05, 0) is 37.4 Å². The zero-order chi connectivity index (χ0) is 11.5. The normalized spacial score (nSPS) is 15.4. The second kappa shape index (κ2) is 4.61. The van der Waals surface area contributed by atoms with Crippen LogP contribution in [0.1, 0.15) is 28.9 Å². The number of pyridine rings is 1. The number of carboxylic acid groups (broad SMARTS) is 1. The van der Waals surface area contributed by atoms with Gasteiger partial charge in [-0.3, -0.25) is 0 Å². The molecule has 0 bridgehead atoms. The van der Waals surface area contributed by atoms with Gasteiger partial charge in [-0.2, -0.15) is 0 Å². The summed E-state index contributed by atoms with van der Waals surface area (Å²) < 4.78 is 0. The highest BCUT2D eigenvalue weighted by molar-refractivity contribution is 5.86. The van der Waals surface area contributed by atoms with Crippen LogP contribution >= 0.6 is 0 Å². The van der Waals surface area contributed by atoms with Crippen molar-refractivity contribution in [1.82, 2.24) is 9.88 Å². The molecule has 0 saturated heterocycles. The van der Waals surface area contributed by atoms with E-state index in [1.165, 1.54) is 19.0 Å². The first-order chi connectivity index (χ1) is 7.66. The van der Waals surface area contributed by atoms with Crippen LogP contribution in [0.5, 0.6) is 0 Å². The van der Waals surface area contributed by atoms with E-state index < -0.39 is 5.97 Å². The molecule has 0 radical (unpaired) electrons. The van der Waals surface area contributed by atoms with Crippen molar-refractivity contribution >= 4 is 5.97 Å². The summed E-state index contributed by atoms with van der Waals surface area (Å²) in [4.78, 5) is 17.0. The van der Waals surface area contributed by atoms with Crippen LogP contribution in [-0.4, -0.2) is 34.6 Å². The van der Waals surface area contributed by atoms with Crippen LogP contribution in [-0.2, 0) is 6.54 Å². The Balaban J connectivity index is 2.04. The molecule has 0 atom stereocenters. The van der Waals surface area contributed by atoms with Gasteiger partial charge in [0.1, 0.15) is 0 Å². The van der Waals surface area contributed by atoms with Gasteiger partial charge in [0, 0.05) is 19.3 Å². The van der Waals surface area contributed by atoms with Crippen molar-refractivity contribution in [3.63, 3.8) is 0 Å². The third-order valence-electron chi connectivity index (χ3n) is 2.80. The zero-order valence-corrected chi connectivity index (χ0v) is 9.39. The molecule has 1 aliphatic carbocycles. The molecule has 0 unspecified atom stereocenters. The molecule has 2 rings (SSSR count). The number of nitrogens with zero attached hydrogens (tertiary/aromatic N) is 2. The van der Waals surface area contributed by atoms with E-state index in [0.717, 1.165) is 18.0 Å². The fourth-order valence-electron chi connectivity index (χ4n) is 1.86. The number of rotatable bonds is 5. The number of carbonyl (C=O) groups is 1. The molecule has 86 valence electrons. The summed E-state index contributed by atoms with van der Waals surface area (Å²) >= 11 is 0. The Morgan fingerprint density at radius 1 is 1.62 bits per heavy atom. The van der Waals surface area contributed by atoms with E-state index in [9.17, 15) is 4.79 Å². The van der Waals surface area contributed by atoms with E-state index in [0.29, 0.717) is 6.54 Å². The molecule has 1 aliphatic rings. The molecule has 4 heteroatoms. The van der Waals surface area contributed by atoms with Crippen molar-refractivity contribution in [2.45, 2.75) is 19.4 Å². The van der Waals surface area contributed by atoms with Crippen LogP contribution < -0.4 is 0 Å². The Hall–Kier alpha value is -1.42. The zero-order valence-electron chi connectivity index (χ0n) is 9.39. The first-order valence-electron chi connectivity index (χ1n) is 5.52. The average molecular weight is 220 g/mol. The minimum atomic E-state index is -0.949. The number of aromatic nitrogens is 1. The third-order valence-corrected chi connectivity index (χ3v) is 2.80. The number of hydrogen-bond donors (Lipinski definition) is 1. The third kappa shape index (κ3) is 2.79. The van der Waals surface area contributed by atoms with Gasteiger partial charge >= 0.3 is 5.97 Å². The average Bonchev–Trinajstić information content (AvgIpc) is 3.02. The lowest BCUT2D eigenvalue weighted by Crippen LogP contribution is -2.22. The molecule has 1 aromatic heterocycles. The number of hydrogen-bond acceptors (Lipinski definition) is 3. The van der Waals surface area contributed by atoms with Gasteiger partial charge in [-0.1, -0.05) is 6.07 Å². The van der Waals surface area contributed by atoms with Crippen molar-refractivity contribution in [1.29, 1.82) is 0 Å². The van der Waals surface area contributed by atoms with E-state index in [1.54, 1.807) is 6.07 Å². The Bertz CT molecular complexity index is 388. The van der Waals surface area contributed by atoms with Crippen LogP contribution in [0.25, 0.3) is 0 Å². The molecule has 1 fully saturated rings. The highest BCUT2D eigenvalue weighted by Crippen LogP contribution is 2.29. The molecule has 1 N–H and O–H groups in total. The fraction of sp³-hybridized carbons (Fsp3) is 0.500. The molecule has 0 aromatic carbocycles. The van der Waals surface area contributed by atoms with E-state index in [1.807, 2.05) is 13.1 Å². The molecule has 0 amide bonds. The predicted molar refractivity (Wildman–Crippen MR) is 60.3 cm³/mol. The van der Waals surface area contributed by atoms with E-state index in [2.05, 4.69) is 9.88 Å². The fourth-order valence-corrected chi connectivity index (χ4v) is 1.86. The number of aromatic carboxylic acids is 1. The van der Waals surface area contributed by atoms with Gasteiger partial charge in [0.15, 0.2) is 5.69 Å². The van der Waals surface area contributed by atoms with E-state index >= 15 is 0 Å². The van der Waals surface area contributed by atoms with Gasteiger partial charge in [-0.15, -0.1) is 0 Å². The molecule has 4 nitrogen and oxygen atoms in total. The molecular formula is C12H16N2O2. The van der Waals surface area contributed by atoms with E-state index in [4.69, 9.17) is 5.11 Å². The molecule has 1 heterocycles. The number of carboxylic acids is 1.